The molecule has 2 amide bonds. The first-order valence-electron chi connectivity index (χ1n) is 11.0. The summed E-state index contributed by atoms with van der Waals surface area (Å²) < 4.78 is 0. The zero-order valence-corrected chi connectivity index (χ0v) is 17.0. The van der Waals surface area contributed by atoms with Crippen LogP contribution in [-0.2, 0) is 16.1 Å². The van der Waals surface area contributed by atoms with Crippen LogP contribution in [0, 0.1) is 18.8 Å². The summed E-state index contributed by atoms with van der Waals surface area (Å²) in [5.41, 5.74) is 2.74. The number of benzene rings is 1. The normalized spacial score (nSPS) is 24.2. The van der Waals surface area contributed by atoms with E-state index in [0.717, 1.165) is 64.7 Å². The fourth-order valence-electron chi connectivity index (χ4n) is 4.56. The molecule has 1 aromatic rings. The number of aryl methyl sites for hydroxylation is 1. The van der Waals surface area contributed by atoms with Gasteiger partial charge in [0.15, 0.2) is 0 Å². The molecule has 0 aromatic heterocycles. The van der Waals surface area contributed by atoms with Crippen LogP contribution in [0.2, 0.25) is 0 Å². The summed E-state index contributed by atoms with van der Waals surface area (Å²) >= 11 is 0. The van der Waals surface area contributed by atoms with Crippen LogP contribution in [0.1, 0.15) is 49.7 Å². The summed E-state index contributed by atoms with van der Waals surface area (Å²) in [5, 5.41) is 3.29. The highest BCUT2D eigenvalue weighted by molar-refractivity contribution is 5.83. The quantitative estimate of drug-likeness (QED) is 0.851. The smallest absolute Gasteiger partial charge is 0.225 e. The van der Waals surface area contributed by atoms with Crippen LogP contribution in [0.4, 0.5) is 0 Å². The third-order valence-electron chi connectivity index (χ3n) is 6.62. The Labute approximate surface area is 168 Å². The molecule has 2 aliphatic heterocycles. The molecule has 0 radical (unpaired) electrons. The summed E-state index contributed by atoms with van der Waals surface area (Å²) in [6.45, 7) is 6.66. The fraction of sp³-hybridized carbons (Fsp3) is 0.652. The molecule has 1 aliphatic carbocycles. The number of carbonyl (C=O) groups is 2. The van der Waals surface area contributed by atoms with E-state index in [9.17, 15) is 9.59 Å². The van der Waals surface area contributed by atoms with E-state index >= 15 is 0 Å². The number of carbonyl (C=O) groups excluding carboxylic acids is 2. The Hall–Kier alpha value is -1.88. The van der Waals surface area contributed by atoms with Gasteiger partial charge in [0.2, 0.25) is 11.8 Å². The van der Waals surface area contributed by atoms with Gasteiger partial charge >= 0.3 is 0 Å². The molecular weight excluding hydrogens is 350 g/mol. The monoisotopic (exact) mass is 383 g/mol. The van der Waals surface area contributed by atoms with Crippen molar-refractivity contribution in [2.45, 2.75) is 58.0 Å². The molecule has 2 heterocycles. The molecular formula is C23H33N3O2. The minimum atomic E-state index is -0.0264. The van der Waals surface area contributed by atoms with E-state index < -0.39 is 0 Å². The molecule has 3 aliphatic rings. The van der Waals surface area contributed by atoms with E-state index in [2.05, 4.69) is 41.4 Å². The number of nitrogens with one attached hydrogen (secondary N) is 1. The number of hydrogen-bond acceptors (Lipinski definition) is 3. The van der Waals surface area contributed by atoms with Gasteiger partial charge in [-0.25, -0.2) is 0 Å². The van der Waals surface area contributed by atoms with Crippen molar-refractivity contribution in [2.24, 2.45) is 11.8 Å². The van der Waals surface area contributed by atoms with Crippen molar-refractivity contribution in [3.63, 3.8) is 0 Å². The van der Waals surface area contributed by atoms with Crippen LogP contribution in [-0.4, -0.2) is 53.8 Å². The minimum absolute atomic E-state index is 0.0264. The van der Waals surface area contributed by atoms with Gasteiger partial charge in [0.25, 0.3) is 0 Å². The van der Waals surface area contributed by atoms with Crippen molar-refractivity contribution in [2.75, 3.05) is 26.2 Å². The van der Waals surface area contributed by atoms with E-state index in [0.29, 0.717) is 6.54 Å². The topological polar surface area (TPSA) is 52.7 Å². The molecule has 4 rings (SSSR count). The zero-order valence-electron chi connectivity index (χ0n) is 17.0. The van der Waals surface area contributed by atoms with Crippen LogP contribution in [0.25, 0.3) is 0 Å². The Balaban J connectivity index is 1.22. The molecule has 0 bridgehead atoms. The Bertz CT molecular complexity index is 708. The van der Waals surface area contributed by atoms with Crippen LogP contribution in [0.15, 0.2) is 24.3 Å². The van der Waals surface area contributed by atoms with Gasteiger partial charge in [0.1, 0.15) is 0 Å². The van der Waals surface area contributed by atoms with Crippen molar-refractivity contribution in [3.8, 4) is 0 Å². The third kappa shape index (κ3) is 4.75. The molecule has 1 aromatic carbocycles. The Morgan fingerprint density at radius 3 is 2.46 bits per heavy atom. The van der Waals surface area contributed by atoms with Crippen LogP contribution < -0.4 is 5.32 Å². The summed E-state index contributed by atoms with van der Waals surface area (Å²) in [4.78, 5) is 29.5. The second-order valence-corrected chi connectivity index (χ2v) is 8.88. The standard InChI is InChI=1S/C23H33N3O2/c1-17-5-2-3-6-19(17)15-25-13-10-21(11-14-25)24-22(27)20-7-4-12-26(16-20)23(28)18-8-9-18/h2-3,5-6,18,20-21H,4,7-16H2,1H3,(H,24,27). The largest absolute Gasteiger partial charge is 0.353 e. The summed E-state index contributed by atoms with van der Waals surface area (Å²) in [7, 11) is 0. The van der Waals surface area contributed by atoms with Gasteiger partial charge in [0, 0.05) is 44.7 Å². The molecule has 1 N–H and O–H groups in total. The van der Waals surface area contributed by atoms with E-state index in [4.69, 9.17) is 0 Å². The number of likely N-dealkylation sites (tertiary alicyclic amines) is 2. The lowest BCUT2D eigenvalue weighted by Crippen LogP contribution is -2.50. The molecule has 5 nitrogen and oxygen atoms in total. The van der Waals surface area contributed by atoms with Gasteiger partial charge in [-0.15, -0.1) is 0 Å². The lowest BCUT2D eigenvalue weighted by Gasteiger charge is -2.35. The molecule has 5 heteroatoms. The van der Waals surface area contributed by atoms with Gasteiger partial charge in [-0.05, 0) is 56.6 Å². The Morgan fingerprint density at radius 1 is 1.00 bits per heavy atom. The summed E-state index contributed by atoms with van der Waals surface area (Å²) in [6.07, 6.45) is 5.95. The maximum absolute atomic E-state index is 12.8. The number of piperidine rings is 2. The number of rotatable bonds is 5. The van der Waals surface area contributed by atoms with Crippen LogP contribution in [0.3, 0.4) is 0 Å². The summed E-state index contributed by atoms with van der Waals surface area (Å²) in [5.74, 6) is 0.661. The van der Waals surface area contributed by atoms with Gasteiger partial charge < -0.3 is 10.2 Å². The minimum Gasteiger partial charge on any atom is -0.353 e. The van der Waals surface area contributed by atoms with Gasteiger partial charge in [-0.2, -0.15) is 0 Å². The second kappa shape index (κ2) is 8.64. The first-order chi connectivity index (χ1) is 13.6. The van der Waals surface area contributed by atoms with E-state index in [1.165, 1.54) is 11.1 Å². The van der Waals surface area contributed by atoms with E-state index in [1.54, 1.807) is 0 Å². The average molecular weight is 384 g/mol. The number of hydrogen-bond donors (Lipinski definition) is 1. The maximum atomic E-state index is 12.8. The Kier molecular flexibility index (Phi) is 6.00. The van der Waals surface area contributed by atoms with Crippen molar-refractivity contribution < 1.29 is 9.59 Å². The highest BCUT2D eigenvalue weighted by Crippen LogP contribution is 2.32. The van der Waals surface area contributed by atoms with Gasteiger partial charge in [0.05, 0.1) is 5.92 Å². The Morgan fingerprint density at radius 2 is 1.75 bits per heavy atom. The summed E-state index contributed by atoms with van der Waals surface area (Å²) in [6, 6.07) is 8.85. The lowest BCUT2D eigenvalue weighted by atomic mass is 9.95. The molecule has 3 fully saturated rings. The average Bonchev–Trinajstić information content (AvgIpc) is 3.56. The van der Waals surface area contributed by atoms with Crippen molar-refractivity contribution in [1.29, 1.82) is 0 Å². The highest BCUT2D eigenvalue weighted by Gasteiger charge is 2.37. The third-order valence-corrected chi connectivity index (χ3v) is 6.62. The van der Waals surface area contributed by atoms with Gasteiger partial charge in [-0.3, -0.25) is 14.5 Å². The zero-order chi connectivity index (χ0) is 19.5. The van der Waals surface area contributed by atoms with Crippen molar-refractivity contribution in [3.05, 3.63) is 35.4 Å². The van der Waals surface area contributed by atoms with E-state index in [1.807, 2.05) is 4.90 Å². The molecule has 0 spiro atoms. The predicted molar refractivity (Wildman–Crippen MR) is 110 cm³/mol. The van der Waals surface area contributed by atoms with Gasteiger partial charge in [-0.1, -0.05) is 24.3 Å². The number of amides is 2. The molecule has 1 unspecified atom stereocenters. The van der Waals surface area contributed by atoms with Crippen molar-refractivity contribution >= 4 is 11.8 Å². The lowest BCUT2D eigenvalue weighted by molar-refractivity contribution is -0.137. The predicted octanol–water partition coefficient (Wildman–Crippen LogP) is 2.72. The van der Waals surface area contributed by atoms with Crippen molar-refractivity contribution in [1.82, 2.24) is 15.1 Å². The van der Waals surface area contributed by atoms with Crippen LogP contribution in [0.5, 0.6) is 0 Å². The first-order valence-corrected chi connectivity index (χ1v) is 11.0. The molecule has 152 valence electrons. The SMILES string of the molecule is Cc1ccccc1CN1CCC(NC(=O)C2CCCN(C(=O)C3CC3)C2)CC1. The first kappa shape index (κ1) is 19.4. The second-order valence-electron chi connectivity index (χ2n) is 8.88. The van der Waals surface area contributed by atoms with E-state index in [-0.39, 0.29) is 29.7 Å². The fourth-order valence-corrected chi connectivity index (χ4v) is 4.56. The molecule has 2 saturated heterocycles. The maximum Gasteiger partial charge on any atom is 0.225 e. The molecule has 28 heavy (non-hydrogen) atoms. The molecule has 1 atom stereocenters. The van der Waals surface area contributed by atoms with Crippen LogP contribution >= 0.6 is 0 Å². The number of nitrogens with zero attached hydrogens (tertiary/aromatic N) is 2. The highest BCUT2D eigenvalue weighted by atomic mass is 16.2. The molecule has 1 saturated carbocycles.